The molecule has 36 heavy (non-hydrogen) atoms. The van der Waals surface area contributed by atoms with Crippen LogP contribution in [0.2, 0.25) is 0 Å². The zero-order valence-electron chi connectivity index (χ0n) is 20.9. The van der Waals surface area contributed by atoms with Crippen LogP contribution in [0.15, 0.2) is 54.6 Å². The number of benzene rings is 2. The van der Waals surface area contributed by atoms with Gasteiger partial charge in [-0.3, -0.25) is 4.79 Å². The van der Waals surface area contributed by atoms with E-state index < -0.39 is 0 Å². The van der Waals surface area contributed by atoms with Crippen LogP contribution < -0.4 is 20.7 Å². The Morgan fingerprint density at radius 1 is 1.17 bits per heavy atom. The van der Waals surface area contributed by atoms with Crippen LogP contribution in [0.4, 0.5) is 0 Å². The minimum absolute atomic E-state index is 0.0934. The molecule has 190 valence electrons. The standard InChI is InChI=1S/C29H35N3O3S/c1-18-6-9-24(35-25-15-30-16-25)14-27(18)29(34)32-19(2)20-4-3-5-21(12-20)28-11-10-26(36-28)17-31-22-7-8-23(33)13-22/h3-6,9-12,14,19,22-23,25,30-31,33H,7-8,13,15-17H2,1-2H3,(H,32,34)/t19-,22-,23-/m1/s1. The molecule has 7 heteroatoms. The molecule has 0 radical (unpaired) electrons. The van der Waals surface area contributed by atoms with Gasteiger partial charge in [-0.2, -0.15) is 0 Å². The lowest BCUT2D eigenvalue weighted by molar-refractivity contribution is 0.0937. The maximum Gasteiger partial charge on any atom is 0.252 e. The number of rotatable bonds is 9. The highest BCUT2D eigenvalue weighted by molar-refractivity contribution is 7.15. The van der Waals surface area contributed by atoms with Crippen molar-refractivity contribution < 1.29 is 14.6 Å². The Morgan fingerprint density at radius 3 is 2.78 bits per heavy atom. The Balaban J connectivity index is 1.22. The maximum atomic E-state index is 13.1. The van der Waals surface area contributed by atoms with Crippen molar-refractivity contribution in [3.8, 4) is 16.2 Å². The molecule has 2 aromatic carbocycles. The molecular formula is C29H35N3O3S. The molecule has 1 saturated carbocycles. The largest absolute Gasteiger partial charge is 0.488 e. The third kappa shape index (κ3) is 5.98. The number of carbonyl (C=O) groups excluding carboxylic acids is 1. The van der Waals surface area contributed by atoms with Gasteiger partial charge in [-0.05, 0) is 80.1 Å². The van der Waals surface area contributed by atoms with Gasteiger partial charge in [0.2, 0.25) is 0 Å². The second-order valence-corrected chi connectivity index (χ2v) is 11.2. The Labute approximate surface area is 217 Å². The molecule has 1 aliphatic heterocycles. The SMILES string of the molecule is Cc1ccc(OC2CNC2)cc1C(=O)N[C@H](C)c1cccc(-c2ccc(CN[C@@H]3CC[C@@H](O)C3)s2)c1. The summed E-state index contributed by atoms with van der Waals surface area (Å²) >= 11 is 1.79. The first-order valence-electron chi connectivity index (χ1n) is 12.8. The van der Waals surface area contributed by atoms with E-state index in [1.54, 1.807) is 11.3 Å². The summed E-state index contributed by atoms with van der Waals surface area (Å²) < 4.78 is 5.95. The third-order valence-electron chi connectivity index (χ3n) is 7.15. The summed E-state index contributed by atoms with van der Waals surface area (Å²) in [4.78, 5) is 15.6. The number of hydrogen-bond donors (Lipinski definition) is 4. The molecule has 1 aromatic heterocycles. The summed E-state index contributed by atoms with van der Waals surface area (Å²) in [7, 11) is 0. The minimum atomic E-state index is -0.155. The first-order valence-corrected chi connectivity index (χ1v) is 13.7. The van der Waals surface area contributed by atoms with Gasteiger partial charge >= 0.3 is 0 Å². The molecule has 0 unspecified atom stereocenters. The average molecular weight is 506 g/mol. The fourth-order valence-corrected chi connectivity index (χ4v) is 5.75. The lowest BCUT2D eigenvalue weighted by atomic mass is 10.0. The van der Waals surface area contributed by atoms with Crippen LogP contribution in [-0.2, 0) is 6.54 Å². The lowest BCUT2D eigenvalue weighted by Crippen LogP contribution is -2.50. The summed E-state index contributed by atoms with van der Waals surface area (Å²) in [6.07, 6.45) is 2.80. The van der Waals surface area contributed by atoms with Crippen molar-refractivity contribution in [2.75, 3.05) is 13.1 Å². The molecule has 2 heterocycles. The molecule has 5 rings (SSSR count). The van der Waals surface area contributed by atoms with E-state index in [4.69, 9.17) is 4.74 Å². The van der Waals surface area contributed by atoms with Gasteiger partial charge in [-0.25, -0.2) is 0 Å². The van der Waals surface area contributed by atoms with Crippen molar-refractivity contribution >= 4 is 17.2 Å². The van der Waals surface area contributed by atoms with Crippen molar-refractivity contribution in [2.45, 2.75) is 63.9 Å². The molecule has 4 N–H and O–H groups in total. The van der Waals surface area contributed by atoms with Crippen molar-refractivity contribution in [1.29, 1.82) is 0 Å². The Morgan fingerprint density at radius 2 is 2.03 bits per heavy atom. The van der Waals surface area contributed by atoms with Crippen molar-refractivity contribution in [1.82, 2.24) is 16.0 Å². The van der Waals surface area contributed by atoms with Crippen LogP contribution in [0.25, 0.3) is 10.4 Å². The monoisotopic (exact) mass is 505 g/mol. The van der Waals surface area contributed by atoms with E-state index in [1.165, 1.54) is 9.75 Å². The molecular weight excluding hydrogens is 470 g/mol. The number of amides is 1. The predicted octanol–water partition coefficient (Wildman–Crippen LogP) is 4.57. The molecule has 1 aliphatic carbocycles. The van der Waals surface area contributed by atoms with Crippen molar-refractivity contribution in [3.05, 3.63) is 76.2 Å². The topological polar surface area (TPSA) is 82.6 Å². The van der Waals surface area contributed by atoms with Gasteiger partial charge in [0, 0.05) is 41.0 Å². The van der Waals surface area contributed by atoms with E-state index in [2.05, 4.69) is 52.3 Å². The smallest absolute Gasteiger partial charge is 0.252 e. The zero-order valence-corrected chi connectivity index (χ0v) is 21.7. The molecule has 1 amide bonds. The van der Waals surface area contributed by atoms with Crippen LogP contribution in [-0.4, -0.2) is 42.4 Å². The van der Waals surface area contributed by atoms with E-state index >= 15 is 0 Å². The zero-order chi connectivity index (χ0) is 25.1. The van der Waals surface area contributed by atoms with E-state index in [9.17, 15) is 9.90 Å². The molecule has 2 aliphatic rings. The fraction of sp³-hybridized carbons (Fsp3) is 0.414. The van der Waals surface area contributed by atoms with E-state index in [0.29, 0.717) is 11.6 Å². The van der Waals surface area contributed by atoms with Gasteiger partial charge in [0.05, 0.1) is 12.1 Å². The number of ether oxygens (including phenoxy) is 1. The minimum Gasteiger partial charge on any atom is -0.488 e. The maximum absolute atomic E-state index is 13.1. The second-order valence-electron chi connectivity index (χ2n) is 10.0. The lowest BCUT2D eigenvalue weighted by Gasteiger charge is -2.28. The van der Waals surface area contributed by atoms with Crippen LogP contribution in [0.5, 0.6) is 5.75 Å². The summed E-state index contributed by atoms with van der Waals surface area (Å²) in [5.74, 6) is 0.642. The van der Waals surface area contributed by atoms with E-state index in [-0.39, 0.29) is 24.2 Å². The first-order chi connectivity index (χ1) is 17.4. The highest BCUT2D eigenvalue weighted by Gasteiger charge is 2.22. The van der Waals surface area contributed by atoms with E-state index in [0.717, 1.165) is 61.3 Å². The van der Waals surface area contributed by atoms with Gasteiger partial charge in [0.15, 0.2) is 0 Å². The summed E-state index contributed by atoms with van der Waals surface area (Å²) in [6.45, 7) is 6.48. The van der Waals surface area contributed by atoms with Gasteiger partial charge < -0.3 is 25.8 Å². The van der Waals surface area contributed by atoms with Gasteiger partial charge in [0.25, 0.3) is 5.91 Å². The number of nitrogens with one attached hydrogen (secondary N) is 3. The molecule has 1 saturated heterocycles. The van der Waals surface area contributed by atoms with Gasteiger partial charge in [-0.1, -0.05) is 24.3 Å². The van der Waals surface area contributed by atoms with Crippen molar-refractivity contribution in [2.24, 2.45) is 0 Å². The average Bonchev–Trinajstić information content (AvgIpc) is 3.50. The predicted molar refractivity (Wildman–Crippen MR) is 145 cm³/mol. The summed E-state index contributed by atoms with van der Waals surface area (Å²) in [5.41, 5.74) is 3.80. The second kappa shape index (κ2) is 11.1. The number of aliphatic hydroxyl groups excluding tert-OH is 1. The quantitative estimate of drug-likeness (QED) is 0.343. The molecule has 6 nitrogen and oxygen atoms in total. The van der Waals surface area contributed by atoms with Gasteiger partial charge in [0.1, 0.15) is 11.9 Å². The van der Waals surface area contributed by atoms with E-state index in [1.807, 2.05) is 32.0 Å². The first kappa shape index (κ1) is 25.0. The Hall–Kier alpha value is -2.71. The number of carbonyl (C=O) groups is 1. The molecule has 3 aromatic rings. The molecule has 3 atom stereocenters. The highest BCUT2D eigenvalue weighted by atomic mass is 32.1. The molecule has 2 fully saturated rings. The molecule has 0 bridgehead atoms. The highest BCUT2D eigenvalue weighted by Crippen LogP contribution is 2.31. The van der Waals surface area contributed by atoms with Crippen molar-refractivity contribution in [3.63, 3.8) is 0 Å². The van der Waals surface area contributed by atoms with Crippen LogP contribution in [0, 0.1) is 6.92 Å². The third-order valence-corrected chi connectivity index (χ3v) is 8.29. The number of aliphatic hydroxyl groups is 1. The van der Waals surface area contributed by atoms with Crippen LogP contribution >= 0.6 is 11.3 Å². The summed E-state index contributed by atoms with van der Waals surface area (Å²) in [5, 5.41) is 19.7. The Bertz CT molecular complexity index is 1210. The molecule has 0 spiro atoms. The number of hydrogen-bond acceptors (Lipinski definition) is 6. The fourth-order valence-electron chi connectivity index (χ4n) is 4.79. The normalized spacial score (nSPS) is 20.6. The number of thiophene rings is 1. The summed E-state index contributed by atoms with van der Waals surface area (Å²) in [6, 6.07) is 18.7. The van der Waals surface area contributed by atoms with Gasteiger partial charge in [-0.15, -0.1) is 11.3 Å². The Kier molecular flexibility index (Phi) is 7.72. The van der Waals surface area contributed by atoms with Crippen LogP contribution in [0.1, 0.15) is 58.6 Å². The number of aryl methyl sites for hydroxylation is 1. The van der Waals surface area contributed by atoms with Crippen LogP contribution in [0.3, 0.4) is 0 Å².